The molecule has 0 bridgehead atoms. The molecule has 31 heavy (non-hydrogen) atoms. The van der Waals surface area contributed by atoms with Gasteiger partial charge < -0.3 is 19.8 Å². The molecule has 5 rings (SSSR count). The Morgan fingerprint density at radius 3 is 2.65 bits per heavy atom. The minimum Gasteiger partial charge on any atom is -0.395 e. The number of piperazine rings is 1. The molecule has 162 valence electrons. The molecule has 0 unspecified atom stereocenters. The van der Waals surface area contributed by atoms with Crippen molar-refractivity contribution in [3.63, 3.8) is 0 Å². The Hall–Kier alpha value is -3.04. The zero-order chi connectivity index (χ0) is 21.4. The van der Waals surface area contributed by atoms with Crippen LogP contribution in [0.2, 0.25) is 0 Å². The third kappa shape index (κ3) is 3.75. The highest BCUT2D eigenvalue weighted by atomic mass is 16.3. The molecule has 0 spiro atoms. The quantitative estimate of drug-likeness (QED) is 0.651. The lowest BCUT2D eigenvalue weighted by Crippen LogP contribution is -2.47. The predicted octanol–water partition coefficient (Wildman–Crippen LogP) is 0.493. The highest BCUT2D eigenvalue weighted by Crippen LogP contribution is 2.27. The molecule has 0 saturated carbocycles. The number of fused-ring (bicyclic) bond motifs is 2. The maximum atomic E-state index is 12.5. The van der Waals surface area contributed by atoms with E-state index in [2.05, 4.69) is 36.7 Å². The number of nitrogens with zero attached hydrogens (tertiary/aromatic N) is 7. The van der Waals surface area contributed by atoms with Crippen LogP contribution in [0, 0.1) is 0 Å². The number of hydrogen-bond donors (Lipinski definition) is 1. The van der Waals surface area contributed by atoms with Crippen LogP contribution in [-0.2, 0) is 19.5 Å². The standard InChI is InChI=1S/C22H27N7O2/c1-26-5-4-19-18(13-26)21(24-14-23-19)28-8-6-27(7-9-28)16-2-3-17-20(12-16)25-15-29(10-11-30)22(17)31/h2-3,12,14-15,30H,4-11,13H2,1H3. The third-order valence-corrected chi connectivity index (χ3v) is 6.26. The van der Waals surface area contributed by atoms with Crippen LogP contribution in [0.5, 0.6) is 0 Å². The largest absolute Gasteiger partial charge is 0.395 e. The Morgan fingerprint density at radius 1 is 1.03 bits per heavy atom. The van der Waals surface area contributed by atoms with Gasteiger partial charge in [0.25, 0.3) is 5.56 Å². The third-order valence-electron chi connectivity index (χ3n) is 6.26. The van der Waals surface area contributed by atoms with Gasteiger partial charge in [-0.15, -0.1) is 0 Å². The van der Waals surface area contributed by atoms with Crippen molar-refractivity contribution in [1.29, 1.82) is 0 Å². The molecule has 1 fully saturated rings. The van der Waals surface area contributed by atoms with Crippen LogP contribution in [0.3, 0.4) is 0 Å². The first kappa shape index (κ1) is 19.9. The summed E-state index contributed by atoms with van der Waals surface area (Å²) in [5.41, 5.74) is 4.08. The van der Waals surface area contributed by atoms with Gasteiger partial charge >= 0.3 is 0 Å². The summed E-state index contributed by atoms with van der Waals surface area (Å²) in [5, 5.41) is 9.68. The second-order valence-electron chi connectivity index (χ2n) is 8.25. The van der Waals surface area contributed by atoms with Gasteiger partial charge in [-0.05, 0) is 25.2 Å². The highest BCUT2D eigenvalue weighted by molar-refractivity contribution is 5.81. The first-order valence-electron chi connectivity index (χ1n) is 10.8. The Balaban J connectivity index is 1.34. The van der Waals surface area contributed by atoms with E-state index in [0.717, 1.165) is 57.2 Å². The number of benzene rings is 1. The maximum Gasteiger partial charge on any atom is 0.261 e. The molecule has 9 nitrogen and oxygen atoms in total. The zero-order valence-corrected chi connectivity index (χ0v) is 17.7. The van der Waals surface area contributed by atoms with E-state index in [0.29, 0.717) is 10.9 Å². The minimum atomic E-state index is -0.117. The number of likely N-dealkylation sites (N-methyl/N-ethyl adjacent to an activating group) is 1. The van der Waals surface area contributed by atoms with Gasteiger partial charge in [0.1, 0.15) is 12.1 Å². The molecule has 0 atom stereocenters. The van der Waals surface area contributed by atoms with Crippen molar-refractivity contribution in [2.24, 2.45) is 0 Å². The van der Waals surface area contributed by atoms with E-state index in [9.17, 15) is 4.79 Å². The lowest BCUT2D eigenvalue weighted by atomic mass is 10.1. The smallest absolute Gasteiger partial charge is 0.261 e. The van der Waals surface area contributed by atoms with Gasteiger partial charge in [-0.25, -0.2) is 15.0 Å². The first-order valence-corrected chi connectivity index (χ1v) is 10.8. The molecular weight excluding hydrogens is 394 g/mol. The summed E-state index contributed by atoms with van der Waals surface area (Å²) in [4.78, 5) is 33.1. The molecule has 0 amide bonds. The second kappa shape index (κ2) is 8.24. The minimum absolute atomic E-state index is 0.0821. The van der Waals surface area contributed by atoms with Crippen molar-refractivity contribution in [2.45, 2.75) is 19.5 Å². The van der Waals surface area contributed by atoms with E-state index < -0.39 is 0 Å². The monoisotopic (exact) mass is 421 g/mol. The Bertz CT molecular complexity index is 1150. The van der Waals surface area contributed by atoms with Gasteiger partial charge in [-0.3, -0.25) is 9.36 Å². The summed E-state index contributed by atoms with van der Waals surface area (Å²) in [6.07, 6.45) is 4.19. The topological polar surface area (TPSA) is 90.6 Å². The van der Waals surface area contributed by atoms with Crippen LogP contribution in [0.1, 0.15) is 11.3 Å². The molecule has 0 radical (unpaired) electrons. The molecule has 3 aromatic rings. The molecule has 2 aliphatic rings. The zero-order valence-electron chi connectivity index (χ0n) is 17.7. The summed E-state index contributed by atoms with van der Waals surface area (Å²) in [7, 11) is 2.14. The first-order chi connectivity index (χ1) is 15.1. The van der Waals surface area contributed by atoms with E-state index >= 15 is 0 Å². The van der Waals surface area contributed by atoms with Crippen molar-refractivity contribution < 1.29 is 5.11 Å². The van der Waals surface area contributed by atoms with Crippen LogP contribution in [0.4, 0.5) is 11.5 Å². The highest BCUT2D eigenvalue weighted by Gasteiger charge is 2.25. The van der Waals surface area contributed by atoms with Crippen molar-refractivity contribution in [2.75, 3.05) is 56.2 Å². The number of anilines is 2. The van der Waals surface area contributed by atoms with Crippen LogP contribution >= 0.6 is 0 Å². The van der Waals surface area contributed by atoms with E-state index in [1.807, 2.05) is 18.2 Å². The molecule has 0 aliphatic carbocycles. The maximum absolute atomic E-state index is 12.5. The van der Waals surface area contributed by atoms with Gasteiger partial charge in [0.05, 0.1) is 36.1 Å². The molecule has 1 aromatic carbocycles. The number of aromatic nitrogens is 4. The number of rotatable bonds is 4. The van der Waals surface area contributed by atoms with Crippen molar-refractivity contribution in [1.82, 2.24) is 24.4 Å². The van der Waals surface area contributed by atoms with Gasteiger partial charge in [-0.1, -0.05) is 0 Å². The van der Waals surface area contributed by atoms with Crippen LogP contribution in [0.15, 0.2) is 35.6 Å². The fourth-order valence-electron chi connectivity index (χ4n) is 4.52. The van der Waals surface area contributed by atoms with Crippen LogP contribution in [0.25, 0.3) is 10.9 Å². The van der Waals surface area contributed by atoms with Crippen LogP contribution < -0.4 is 15.4 Å². The number of hydrogen-bond acceptors (Lipinski definition) is 8. The summed E-state index contributed by atoms with van der Waals surface area (Å²) >= 11 is 0. The number of aliphatic hydroxyl groups is 1. The normalized spacial score (nSPS) is 17.2. The average molecular weight is 422 g/mol. The van der Waals surface area contributed by atoms with Crippen LogP contribution in [-0.4, -0.2) is 75.9 Å². The number of aliphatic hydroxyl groups excluding tert-OH is 1. The summed E-state index contributed by atoms with van der Waals surface area (Å²) in [6.45, 7) is 5.64. The Labute approximate surface area is 180 Å². The summed E-state index contributed by atoms with van der Waals surface area (Å²) < 4.78 is 1.45. The molecule has 9 heteroatoms. The van der Waals surface area contributed by atoms with E-state index in [-0.39, 0.29) is 18.7 Å². The van der Waals surface area contributed by atoms with Crippen molar-refractivity contribution in [3.8, 4) is 0 Å². The molecular formula is C22H27N7O2. The molecule has 4 heterocycles. The van der Waals surface area contributed by atoms with Gasteiger partial charge in [0.15, 0.2) is 0 Å². The molecule has 2 aromatic heterocycles. The fourth-order valence-corrected chi connectivity index (χ4v) is 4.52. The van der Waals surface area contributed by atoms with E-state index in [4.69, 9.17) is 5.11 Å². The average Bonchev–Trinajstić information content (AvgIpc) is 2.80. The molecule has 1 saturated heterocycles. The van der Waals surface area contributed by atoms with Crippen molar-refractivity contribution in [3.05, 3.63) is 52.5 Å². The Kier molecular flexibility index (Phi) is 5.29. The fraction of sp³-hybridized carbons (Fsp3) is 0.455. The summed E-state index contributed by atoms with van der Waals surface area (Å²) in [5.74, 6) is 1.07. The lowest BCUT2D eigenvalue weighted by molar-refractivity contribution is 0.274. The lowest BCUT2D eigenvalue weighted by Gasteiger charge is -2.38. The van der Waals surface area contributed by atoms with Gasteiger partial charge in [0.2, 0.25) is 0 Å². The van der Waals surface area contributed by atoms with Crippen molar-refractivity contribution >= 4 is 22.4 Å². The second-order valence-corrected chi connectivity index (χ2v) is 8.25. The molecule has 1 N–H and O–H groups in total. The van der Waals surface area contributed by atoms with E-state index in [1.54, 1.807) is 6.33 Å². The van der Waals surface area contributed by atoms with Gasteiger partial charge in [0, 0.05) is 56.9 Å². The SMILES string of the molecule is CN1CCc2ncnc(N3CCN(c4ccc5c(=O)n(CCO)cnc5c4)CC3)c2C1. The molecule has 2 aliphatic heterocycles. The predicted molar refractivity (Wildman–Crippen MR) is 120 cm³/mol. The Morgan fingerprint density at radius 2 is 1.84 bits per heavy atom. The van der Waals surface area contributed by atoms with E-state index in [1.165, 1.54) is 22.2 Å². The summed E-state index contributed by atoms with van der Waals surface area (Å²) in [6, 6.07) is 5.82. The van der Waals surface area contributed by atoms with Gasteiger partial charge in [-0.2, -0.15) is 0 Å².